The average molecular weight is 327 g/mol. The second-order valence-electron chi connectivity index (χ2n) is 4.50. The molecule has 2 aromatic rings. The summed E-state index contributed by atoms with van der Waals surface area (Å²) < 4.78 is 42.6. The first-order valence-corrected chi connectivity index (χ1v) is 7.01. The van der Waals surface area contributed by atoms with Crippen molar-refractivity contribution in [1.29, 1.82) is 0 Å². The first-order valence-electron chi connectivity index (χ1n) is 6.13. The number of ether oxygens (including phenoxy) is 1. The van der Waals surface area contributed by atoms with Crippen LogP contribution in [0.3, 0.4) is 0 Å². The van der Waals surface area contributed by atoms with Crippen LogP contribution in [0.15, 0.2) is 41.8 Å². The lowest BCUT2D eigenvalue weighted by molar-refractivity contribution is -0.137. The van der Waals surface area contributed by atoms with Crippen LogP contribution >= 0.6 is 11.3 Å². The summed E-state index contributed by atoms with van der Waals surface area (Å²) in [5.41, 5.74) is -0.812. The van der Waals surface area contributed by atoms with Gasteiger partial charge in [-0.15, -0.1) is 11.3 Å². The van der Waals surface area contributed by atoms with Gasteiger partial charge in [-0.25, -0.2) is 9.69 Å². The zero-order valence-corrected chi connectivity index (χ0v) is 11.6. The molecule has 1 aromatic heterocycles. The van der Waals surface area contributed by atoms with E-state index in [4.69, 9.17) is 4.74 Å². The first-order chi connectivity index (χ1) is 10.4. The van der Waals surface area contributed by atoms with Gasteiger partial charge in [-0.05, 0) is 35.7 Å². The van der Waals surface area contributed by atoms with Crippen molar-refractivity contribution in [3.8, 4) is 0 Å². The van der Waals surface area contributed by atoms with Gasteiger partial charge in [-0.3, -0.25) is 4.79 Å². The Morgan fingerprint density at radius 3 is 2.32 bits per heavy atom. The van der Waals surface area contributed by atoms with Gasteiger partial charge in [0.15, 0.2) is 0 Å². The number of benzene rings is 1. The summed E-state index contributed by atoms with van der Waals surface area (Å²) in [6.07, 6.45) is -6.42. The Hall–Kier alpha value is -2.35. The van der Waals surface area contributed by atoms with Crippen LogP contribution in [-0.2, 0) is 15.7 Å². The Kier molecular flexibility index (Phi) is 3.40. The Balaban J connectivity index is 1.89. The van der Waals surface area contributed by atoms with Gasteiger partial charge in [-0.2, -0.15) is 13.2 Å². The van der Waals surface area contributed by atoms with Crippen molar-refractivity contribution in [3.63, 3.8) is 0 Å². The summed E-state index contributed by atoms with van der Waals surface area (Å²) in [5, 5.41) is 1.73. The van der Waals surface area contributed by atoms with E-state index in [1.54, 1.807) is 17.5 Å². The summed E-state index contributed by atoms with van der Waals surface area (Å²) in [5.74, 6) is -0.618. The zero-order chi connectivity index (χ0) is 15.9. The predicted octanol–water partition coefficient (Wildman–Crippen LogP) is 3.99. The molecular weight excluding hydrogens is 319 g/mol. The Morgan fingerprint density at radius 2 is 1.77 bits per heavy atom. The standard InChI is InChI=1S/C14H8F3NO3S/c15-14(16,17)8-3-5-9(6-4-8)18-12(19)11(21-13(18)20)10-2-1-7-22-10/h1-7,11H. The maximum atomic E-state index is 12.5. The molecule has 0 saturated carbocycles. The second kappa shape index (κ2) is 5.13. The van der Waals surface area contributed by atoms with Gasteiger partial charge in [-0.1, -0.05) is 6.07 Å². The molecule has 0 radical (unpaired) electrons. The molecule has 1 atom stereocenters. The van der Waals surface area contributed by atoms with Gasteiger partial charge in [0.25, 0.3) is 5.91 Å². The van der Waals surface area contributed by atoms with Crippen molar-refractivity contribution in [2.75, 3.05) is 4.90 Å². The van der Waals surface area contributed by atoms with E-state index >= 15 is 0 Å². The summed E-state index contributed by atoms with van der Waals surface area (Å²) >= 11 is 1.26. The predicted molar refractivity (Wildman–Crippen MR) is 72.5 cm³/mol. The van der Waals surface area contributed by atoms with Crippen molar-refractivity contribution in [2.24, 2.45) is 0 Å². The van der Waals surface area contributed by atoms with E-state index in [0.29, 0.717) is 4.88 Å². The molecule has 8 heteroatoms. The van der Waals surface area contributed by atoms with E-state index in [-0.39, 0.29) is 5.69 Å². The lowest BCUT2D eigenvalue weighted by atomic mass is 10.2. The Bertz CT molecular complexity index is 710. The fourth-order valence-corrected chi connectivity index (χ4v) is 2.81. The van der Waals surface area contributed by atoms with Crippen LogP contribution in [0.25, 0.3) is 0 Å². The maximum Gasteiger partial charge on any atom is 0.422 e. The highest BCUT2D eigenvalue weighted by molar-refractivity contribution is 7.10. The number of hydrogen-bond donors (Lipinski definition) is 0. The molecule has 0 aliphatic carbocycles. The van der Waals surface area contributed by atoms with Crippen LogP contribution in [0.1, 0.15) is 16.5 Å². The molecule has 1 aromatic carbocycles. The fourth-order valence-electron chi connectivity index (χ4n) is 2.06. The molecular formula is C14H8F3NO3S. The molecule has 22 heavy (non-hydrogen) atoms. The molecule has 2 heterocycles. The van der Waals surface area contributed by atoms with Crippen LogP contribution < -0.4 is 4.90 Å². The number of cyclic esters (lactones) is 1. The summed E-state index contributed by atoms with van der Waals surface area (Å²) in [7, 11) is 0. The molecule has 4 nitrogen and oxygen atoms in total. The zero-order valence-electron chi connectivity index (χ0n) is 10.8. The van der Waals surface area contributed by atoms with Crippen molar-refractivity contribution in [1.82, 2.24) is 0 Å². The number of alkyl halides is 3. The number of nitrogens with zero attached hydrogens (tertiary/aromatic N) is 1. The molecule has 0 N–H and O–H groups in total. The molecule has 0 spiro atoms. The van der Waals surface area contributed by atoms with Crippen molar-refractivity contribution in [3.05, 3.63) is 52.2 Å². The van der Waals surface area contributed by atoms with E-state index in [0.717, 1.165) is 29.2 Å². The number of thiophene rings is 1. The smallest absolute Gasteiger partial charge is 0.422 e. The van der Waals surface area contributed by atoms with E-state index in [1.807, 2.05) is 0 Å². The second-order valence-corrected chi connectivity index (χ2v) is 5.48. The van der Waals surface area contributed by atoms with E-state index in [9.17, 15) is 22.8 Å². The number of imide groups is 1. The fraction of sp³-hybridized carbons (Fsp3) is 0.143. The third-order valence-corrected chi connectivity index (χ3v) is 4.02. The normalized spacial score (nSPS) is 18.7. The quantitative estimate of drug-likeness (QED) is 0.838. The number of halogens is 3. The highest BCUT2D eigenvalue weighted by Crippen LogP contribution is 2.35. The van der Waals surface area contributed by atoms with Gasteiger partial charge in [0.05, 0.1) is 16.1 Å². The van der Waals surface area contributed by atoms with E-state index < -0.39 is 29.8 Å². The highest BCUT2D eigenvalue weighted by Gasteiger charge is 2.43. The summed E-state index contributed by atoms with van der Waals surface area (Å²) in [6, 6.07) is 7.12. The molecule has 2 amide bonds. The first kappa shape index (κ1) is 14.6. The van der Waals surface area contributed by atoms with Gasteiger partial charge >= 0.3 is 12.3 Å². The molecule has 0 bridgehead atoms. The molecule has 114 valence electrons. The van der Waals surface area contributed by atoms with E-state index in [1.165, 1.54) is 11.3 Å². The molecule has 1 unspecified atom stereocenters. The lowest BCUT2D eigenvalue weighted by Crippen LogP contribution is -2.29. The largest absolute Gasteiger partial charge is 0.430 e. The van der Waals surface area contributed by atoms with Gasteiger partial charge in [0, 0.05) is 0 Å². The van der Waals surface area contributed by atoms with Crippen molar-refractivity contribution >= 4 is 29.0 Å². The van der Waals surface area contributed by atoms with Gasteiger partial charge < -0.3 is 4.74 Å². The van der Waals surface area contributed by atoms with Crippen LogP contribution in [-0.4, -0.2) is 12.0 Å². The van der Waals surface area contributed by atoms with Crippen molar-refractivity contribution in [2.45, 2.75) is 12.3 Å². The topological polar surface area (TPSA) is 46.6 Å². The molecule has 1 saturated heterocycles. The minimum absolute atomic E-state index is 0.0436. The van der Waals surface area contributed by atoms with Crippen LogP contribution in [0.4, 0.5) is 23.7 Å². The summed E-state index contributed by atoms with van der Waals surface area (Å²) in [6.45, 7) is 0. The summed E-state index contributed by atoms with van der Waals surface area (Å²) in [4.78, 5) is 25.4. The maximum absolute atomic E-state index is 12.5. The van der Waals surface area contributed by atoms with Gasteiger partial charge in [0.1, 0.15) is 0 Å². The van der Waals surface area contributed by atoms with E-state index in [2.05, 4.69) is 0 Å². The molecule has 1 fully saturated rings. The lowest BCUT2D eigenvalue weighted by Gasteiger charge is -2.12. The highest BCUT2D eigenvalue weighted by atomic mass is 32.1. The number of carbonyl (C=O) groups is 2. The number of anilines is 1. The van der Waals surface area contributed by atoms with Gasteiger partial charge in [0.2, 0.25) is 6.10 Å². The number of amides is 2. The third-order valence-electron chi connectivity index (χ3n) is 3.10. The Morgan fingerprint density at radius 1 is 1.09 bits per heavy atom. The SMILES string of the molecule is O=C1OC(c2cccs2)C(=O)N1c1ccc(C(F)(F)F)cc1. The number of hydrogen-bond acceptors (Lipinski definition) is 4. The Labute approximate surface area is 126 Å². The van der Waals surface area contributed by atoms with Crippen LogP contribution in [0.2, 0.25) is 0 Å². The third kappa shape index (κ3) is 2.45. The molecule has 1 aliphatic rings. The molecule has 1 aliphatic heterocycles. The minimum atomic E-state index is -4.48. The van der Waals surface area contributed by atoms with Crippen LogP contribution in [0.5, 0.6) is 0 Å². The monoisotopic (exact) mass is 327 g/mol. The number of rotatable bonds is 2. The minimum Gasteiger partial charge on any atom is -0.430 e. The number of carbonyl (C=O) groups excluding carboxylic acids is 2. The van der Waals surface area contributed by atoms with Crippen LogP contribution in [0, 0.1) is 0 Å². The average Bonchev–Trinajstić information content (AvgIpc) is 3.06. The molecule has 3 rings (SSSR count). The van der Waals surface area contributed by atoms with Crippen molar-refractivity contribution < 1.29 is 27.5 Å².